The number of aryl methyl sites for hydroxylation is 2. The van der Waals surface area contributed by atoms with Gasteiger partial charge in [0.15, 0.2) is 0 Å². The van der Waals surface area contributed by atoms with Crippen LogP contribution < -0.4 is 4.90 Å². The first-order valence-corrected chi connectivity index (χ1v) is 8.89. The Morgan fingerprint density at radius 2 is 1.86 bits per heavy atom. The number of hydrogen-bond acceptors (Lipinski definition) is 3. The van der Waals surface area contributed by atoms with E-state index in [9.17, 15) is 0 Å². The summed E-state index contributed by atoms with van der Waals surface area (Å²) in [6.07, 6.45) is 5.04. The highest BCUT2D eigenvalue weighted by Gasteiger charge is 2.19. The summed E-state index contributed by atoms with van der Waals surface area (Å²) in [5.74, 6) is 0. The molecular formula is C19H31N3. The number of fused-ring (bicyclic) bond motifs is 1. The van der Waals surface area contributed by atoms with Gasteiger partial charge in [-0.2, -0.15) is 0 Å². The van der Waals surface area contributed by atoms with Crippen LogP contribution in [0.15, 0.2) is 18.2 Å². The van der Waals surface area contributed by atoms with Gasteiger partial charge in [0.1, 0.15) is 0 Å². The summed E-state index contributed by atoms with van der Waals surface area (Å²) < 4.78 is 0. The molecule has 22 heavy (non-hydrogen) atoms. The first kappa shape index (κ1) is 15.8. The number of piperazine rings is 1. The van der Waals surface area contributed by atoms with Crippen molar-refractivity contribution >= 4 is 5.69 Å². The van der Waals surface area contributed by atoms with E-state index in [1.54, 1.807) is 5.56 Å². The van der Waals surface area contributed by atoms with E-state index in [0.717, 1.165) is 0 Å². The topological polar surface area (TPSA) is 9.72 Å². The first-order chi connectivity index (χ1) is 10.6. The van der Waals surface area contributed by atoms with Gasteiger partial charge < -0.3 is 14.7 Å². The fourth-order valence-corrected chi connectivity index (χ4v) is 3.71. The van der Waals surface area contributed by atoms with Crippen molar-refractivity contribution in [1.82, 2.24) is 9.80 Å². The van der Waals surface area contributed by atoms with E-state index in [1.165, 1.54) is 69.7 Å². The molecule has 3 nitrogen and oxygen atoms in total. The zero-order valence-corrected chi connectivity index (χ0v) is 14.5. The molecule has 3 heteroatoms. The van der Waals surface area contributed by atoms with Crippen LogP contribution in [0.2, 0.25) is 0 Å². The minimum absolute atomic E-state index is 0.676. The predicted octanol–water partition coefficient (Wildman–Crippen LogP) is 2.64. The summed E-state index contributed by atoms with van der Waals surface area (Å²) >= 11 is 0. The monoisotopic (exact) mass is 301 g/mol. The average molecular weight is 301 g/mol. The van der Waals surface area contributed by atoms with Gasteiger partial charge in [-0.15, -0.1) is 0 Å². The Labute approximate surface area is 135 Å². The Balaban J connectivity index is 1.51. The highest BCUT2D eigenvalue weighted by Crippen LogP contribution is 2.30. The highest BCUT2D eigenvalue weighted by atomic mass is 15.2. The third-order valence-electron chi connectivity index (χ3n) is 5.55. The molecule has 2 heterocycles. The molecule has 1 aromatic carbocycles. The first-order valence-electron chi connectivity index (χ1n) is 8.89. The molecule has 2 aliphatic heterocycles. The van der Waals surface area contributed by atoms with Crippen molar-refractivity contribution in [2.45, 2.75) is 38.6 Å². The second-order valence-electron chi connectivity index (χ2n) is 7.21. The number of benzene rings is 1. The number of anilines is 1. The molecule has 1 saturated heterocycles. The quantitative estimate of drug-likeness (QED) is 0.846. The van der Waals surface area contributed by atoms with E-state index in [0.29, 0.717) is 6.04 Å². The summed E-state index contributed by atoms with van der Waals surface area (Å²) in [7, 11) is 4.46. The third kappa shape index (κ3) is 3.64. The SMILES string of the molecule is CC1CCc2cc(CCCN3CCN(C)CC3)ccc2N1C. The predicted molar refractivity (Wildman–Crippen MR) is 94.9 cm³/mol. The van der Waals surface area contributed by atoms with Gasteiger partial charge in [-0.3, -0.25) is 0 Å². The lowest BCUT2D eigenvalue weighted by atomic mass is 9.94. The van der Waals surface area contributed by atoms with Gasteiger partial charge in [0.05, 0.1) is 0 Å². The fraction of sp³-hybridized carbons (Fsp3) is 0.684. The maximum absolute atomic E-state index is 2.62. The molecule has 0 bridgehead atoms. The van der Waals surface area contributed by atoms with Crippen LogP contribution in [0.1, 0.15) is 30.9 Å². The smallest absolute Gasteiger partial charge is 0.0398 e. The molecule has 0 saturated carbocycles. The number of nitrogens with zero attached hydrogens (tertiary/aromatic N) is 3. The zero-order chi connectivity index (χ0) is 15.5. The van der Waals surface area contributed by atoms with E-state index >= 15 is 0 Å². The highest BCUT2D eigenvalue weighted by molar-refractivity contribution is 5.57. The minimum atomic E-state index is 0.676. The molecule has 2 aliphatic rings. The Morgan fingerprint density at radius 1 is 1.09 bits per heavy atom. The molecule has 1 atom stereocenters. The number of hydrogen-bond donors (Lipinski definition) is 0. The number of rotatable bonds is 4. The van der Waals surface area contributed by atoms with Gasteiger partial charge in [-0.05, 0) is 63.4 Å². The molecule has 0 radical (unpaired) electrons. The lowest BCUT2D eigenvalue weighted by Crippen LogP contribution is -2.44. The summed E-state index contributed by atoms with van der Waals surface area (Å²) in [4.78, 5) is 7.48. The van der Waals surface area contributed by atoms with Crippen LogP contribution in [0.3, 0.4) is 0 Å². The lowest BCUT2D eigenvalue weighted by Gasteiger charge is -2.34. The molecule has 0 aliphatic carbocycles. The van der Waals surface area contributed by atoms with Crippen LogP contribution in [0, 0.1) is 0 Å². The van der Waals surface area contributed by atoms with Crippen LogP contribution in [0.4, 0.5) is 5.69 Å². The van der Waals surface area contributed by atoms with Gasteiger partial charge in [0.2, 0.25) is 0 Å². The summed E-state index contributed by atoms with van der Waals surface area (Å²) in [6, 6.07) is 7.82. The van der Waals surface area contributed by atoms with Crippen molar-refractivity contribution < 1.29 is 0 Å². The van der Waals surface area contributed by atoms with E-state index < -0.39 is 0 Å². The molecule has 3 rings (SSSR count). The number of likely N-dealkylation sites (N-methyl/N-ethyl adjacent to an activating group) is 1. The van der Waals surface area contributed by atoms with Gasteiger partial charge in [-0.1, -0.05) is 12.1 Å². The molecule has 1 aromatic rings. The Kier molecular flexibility index (Phi) is 5.04. The van der Waals surface area contributed by atoms with E-state index in [1.807, 2.05) is 0 Å². The summed E-state index contributed by atoms with van der Waals surface area (Å²) in [5, 5.41) is 0. The Morgan fingerprint density at radius 3 is 2.64 bits per heavy atom. The second kappa shape index (κ2) is 7.01. The standard InChI is InChI=1S/C19H31N3/c1-16-6-8-18-15-17(7-9-19(18)21(16)3)5-4-10-22-13-11-20(2)12-14-22/h7,9,15-16H,4-6,8,10-14H2,1-3H3. The van der Waals surface area contributed by atoms with E-state index in [-0.39, 0.29) is 0 Å². The Bertz CT molecular complexity index is 491. The molecule has 0 amide bonds. The van der Waals surface area contributed by atoms with Gasteiger partial charge >= 0.3 is 0 Å². The maximum Gasteiger partial charge on any atom is 0.0398 e. The molecule has 1 fully saturated rings. The molecular weight excluding hydrogens is 270 g/mol. The van der Waals surface area contributed by atoms with Gasteiger partial charge in [-0.25, -0.2) is 0 Å². The average Bonchev–Trinajstić information content (AvgIpc) is 2.53. The third-order valence-corrected chi connectivity index (χ3v) is 5.55. The zero-order valence-electron chi connectivity index (χ0n) is 14.5. The maximum atomic E-state index is 2.62. The molecule has 0 N–H and O–H groups in total. The van der Waals surface area contributed by atoms with Crippen molar-refractivity contribution in [2.75, 3.05) is 51.7 Å². The Hall–Kier alpha value is -1.06. The summed E-state index contributed by atoms with van der Waals surface area (Å²) in [6.45, 7) is 8.51. The molecule has 1 unspecified atom stereocenters. The summed E-state index contributed by atoms with van der Waals surface area (Å²) in [5.41, 5.74) is 4.52. The molecule has 122 valence electrons. The van der Waals surface area contributed by atoms with Crippen molar-refractivity contribution in [2.24, 2.45) is 0 Å². The van der Waals surface area contributed by atoms with Gasteiger partial charge in [0, 0.05) is 45.0 Å². The second-order valence-corrected chi connectivity index (χ2v) is 7.21. The minimum Gasteiger partial charge on any atom is -0.372 e. The van der Waals surface area contributed by atoms with Crippen LogP contribution >= 0.6 is 0 Å². The van der Waals surface area contributed by atoms with Crippen molar-refractivity contribution in [3.05, 3.63) is 29.3 Å². The van der Waals surface area contributed by atoms with Crippen LogP contribution in [0.25, 0.3) is 0 Å². The van der Waals surface area contributed by atoms with Crippen molar-refractivity contribution in [3.8, 4) is 0 Å². The van der Waals surface area contributed by atoms with Crippen molar-refractivity contribution in [3.63, 3.8) is 0 Å². The van der Waals surface area contributed by atoms with E-state index in [2.05, 4.69) is 53.9 Å². The van der Waals surface area contributed by atoms with Crippen LogP contribution in [-0.2, 0) is 12.8 Å². The largest absolute Gasteiger partial charge is 0.372 e. The lowest BCUT2D eigenvalue weighted by molar-refractivity contribution is 0.153. The normalized spacial score (nSPS) is 23.6. The molecule has 0 aromatic heterocycles. The fourth-order valence-electron chi connectivity index (χ4n) is 3.71. The van der Waals surface area contributed by atoms with Gasteiger partial charge in [0.25, 0.3) is 0 Å². The van der Waals surface area contributed by atoms with Crippen LogP contribution in [0.5, 0.6) is 0 Å². The van der Waals surface area contributed by atoms with E-state index in [4.69, 9.17) is 0 Å². The van der Waals surface area contributed by atoms with Crippen molar-refractivity contribution in [1.29, 1.82) is 0 Å². The van der Waals surface area contributed by atoms with Crippen LogP contribution in [-0.4, -0.2) is 62.7 Å². The molecule has 0 spiro atoms.